The number of carbonyl (C=O) groups excluding carboxylic acids is 3. The van der Waals surface area contributed by atoms with Crippen molar-refractivity contribution >= 4 is 17.9 Å². The minimum absolute atomic E-state index is 0.0786. The summed E-state index contributed by atoms with van der Waals surface area (Å²) in [4.78, 5) is 38.2. The van der Waals surface area contributed by atoms with E-state index in [-0.39, 0.29) is 31.1 Å². The molecule has 0 fully saturated rings. The summed E-state index contributed by atoms with van der Waals surface area (Å²) in [6.07, 6.45) is 79.5. The lowest BCUT2D eigenvalue weighted by Crippen LogP contribution is -2.30. The molecule has 0 radical (unpaired) electrons. The molecule has 0 aromatic heterocycles. The van der Waals surface area contributed by atoms with E-state index in [1.807, 2.05) is 0 Å². The highest BCUT2D eigenvalue weighted by molar-refractivity contribution is 5.71. The van der Waals surface area contributed by atoms with Crippen LogP contribution in [0.25, 0.3) is 0 Å². The lowest BCUT2D eigenvalue weighted by molar-refractivity contribution is -0.167. The van der Waals surface area contributed by atoms with E-state index in [0.29, 0.717) is 19.3 Å². The van der Waals surface area contributed by atoms with E-state index >= 15 is 0 Å². The Morgan fingerprint density at radius 2 is 0.527 bits per heavy atom. The molecule has 0 heterocycles. The number of esters is 3. The first-order chi connectivity index (χ1) is 36.5. The number of hydrogen-bond acceptors (Lipinski definition) is 6. The number of ether oxygens (including phenoxy) is 3. The molecule has 0 bridgehead atoms. The summed E-state index contributed by atoms with van der Waals surface area (Å²) in [5, 5.41) is 0. The Morgan fingerprint density at radius 3 is 0.865 bits per heavy atom. The zero-order valence-electron chi connectivity index (χ0n) is 49.4. The van der Waals surface area contributed by atoms with Crippen molar-refractivity contribution in [3.8, 4) is 0 Å². The molecule has 0 aromatic rings. The van der Waals surface area contributed by atoms with E-state index in [0.717, 1.165) is 89.9 Å². The van der Waals surface area contributed by atoms with E-state index in [1.165, 1.54) is 205 Å². The minimum atomic E-state index is -0.782. The SMILES string of the molecule is CC/C=C\C/C=C\C/C=C\CCCCCCCCCC(=O)OC(COC(=O)CCCCCCC/C=C\CCCCC)COC(=O)CCCCCCCCCCCCCCCCC/C=C\CCCCCCCCCC. The third-order valence-electron chi connectivity index (χ3n) is 14.2. The number of unbranched alkanes of at least 4 members (excludes halogenated alkanes) is 38. The zero-order valence-corrected chi connectivity index (χ0v) is 49.4. The lowest BCUT2D eigenvalue weighted by Gasteiger charge is -2.18. The van der Waals surface area contributed by atoms with E-state index < -0.39 is 6.10 Å². The van der Waals surface area contributed by atoms with E-state index in [4.69, 9.17) is 14.2 Å². The molecule has 0 aliphatic heterocycles. The molecule has 6 nitrogen and oxygen atoms in total. The first kappa shape index (κ1) is 71.1. The van der Waals surface area contributed by atoms with Crippen molar-refractivity contribution in [2.24, 2.45) is 0 Å². The molecule has 0 amide bonds. The maximum absolute atomic E-state index is 12.9. The van der Waals surface area contributed by atoms with Crippen LogP contribution in [-0.2, 0) is 28.6 Å². The van der Waals surface area contributed by atoms with Crippen LogP contribution in [0.5, 0.6) is 0 Å². The van der Waals surface area contributed by atoms with E-state index in [9.17, 15) is 14.4 Å². The Labute approximate surface area is 460 Å². The van der Waals surface area contributed by atoms with Crippen molar-refractivity contribution < 1.29 is 28.6 Å². The average molecular weight is 1040 g/mol. The molecule has 0 aliphatic rings. The average Bonchev–Trinajstić information content (AvgIpc) is 3.40. The molecular weight excluding hydrogens is 913 g/mol. The Hall–Kier alpha value is -2.89. The Kier molecular flexibility index (Phi) is 60.2. The third kappa shape index (κ3) is 60.0. The summed E-state index contributed by atoms with van der Waals surface area (Å²) >= 11 is 0. The van der Waals surface area contributed by atoms with Crippen LogP contribution in [0, 0.1) is 0 Å². The molecule has 0 aromatic carbocycles. The van der Waals surface area contributed by atoms with Gasteiger partial charge in [-0.25, -0.2) is 0 Å². The van der Waals surface area contributed by atoms with Gasteiger partial charge in [0, 0.05) is 19.3 Å². The first-order valence-electron chi connectivity index (χ1n) is 32.3. The maximum Gasteiger partial charge on any atom is 0.306 e. The lowest BCUT2D eigenvalue weighted by atomic mass is 10.0. The Morgan fingerprint density at radius 1 is 0.284 bits per heavy atom. The van der Waals surface area contributed by atoms with Gasteiger partial charge in [0.05, 0.1) is 0 Å². The largest absolute Gasteiger partial charge is 0.462 e. The minimum Gasteiger partial charge on any atom is -0.462 e. The second-order valence-electron chi connectivity index (χ2n) is 21.6. The van der Waals surface area contributed by atoms with Gasteiger partial charge in [0.25, 0.3) is 0 Å². The molecule has 0 rings (SSSR count). The molecule has 430 valence electrons. The van der Waals surface area contributed by atoms with Crippen LogP contribution < -0.4 is 0 Å². The van der Waals surface area contributed by atoms with E-state index in [2.05, 4.69) is 81.5 Å². The van der Waals surface area contributed by atoms with Crippen LogP contribution in [0.4, 0.5) is 0 Å². The highest BCUT2D eigenvalue weighted by atomic mass is 16.6. The molecule has 0 saturated carbocycles. The monoisotopic (exact) mass is 1030 g/mol. The highest BCUT2D eigenvalue weighted by Crippen LogP contribution is 2.17. The highest BCUT2D eigenvalue weighted by Gasteiger charge is 2.19. The maximum atomic E-state index is 12.9. The second-order valence-corrected chi connectivity index (χ2v) is 21.6. The molecule has 0 aliphatic carbocycles. The van der Waals surface area contributed by atoms with Crippen molar-refractivity contribution in [3.05, 3.63) is 60.8 Å². The van der Waals surface area contributed by atoms with Gasteiger partial charge in [0.2, 0.25) is 0 Å². The molecular formula is C68H122O6. The fourth-order valence-electron chi connectivity index (χ4n) is 9.39. The van der Waals surface area contributed by atoms with Crippen LogP contribution >= 0.6 is 0 Å². The molecule has 1 atom stereocenters. The first-order valence-corrected chi connectivity index (χ1v) is 32.3. The van der Waals surface area contributed by atoms with Gasteiger partial charge in [0.15, 0.2) is 6.10 Å². The van der Waals surface area contributed by atoms with Crippen LogP contribution in [0.3, 0.4) is 0 Å². The summed E-state index contributed by atoms with van der Waals surface area (Å²) in [7, 11) is 0. The van der Waals surface area contributed by atoms with Crippen molar-refractivity contribution in [2.45, 2.75) is 341 Å². The molecule has 0 saturated heterocycles. The fourth-order valence-corrected chi connectivity index (χ4v) is 9.39. The standard InChI is InChI=1S/C68H122O6/c1-4-7-10-13-16-19-22-25-27-29-30-31-32-33-34-35-36-37-38-40-41-43-46-49-52-55-58-61-67(70)73-64-65(63-72-66(69)60-57-54-51-48-45-24-21-18-15-12-9-6-3)74-68(71)62-59-56-53-50-47-44-42-39-28-26-23-20-17-14-11-8-5-2/h8,11,17-18,20-21,26,28-30,65H,4-7,9-10,12-16,19,22-25,27,31-64H2,1-3H3/b11-8-,20-17-,21-18-,28-26-,30-29-. The Balaban J connectivity index is 4.22. The number of rotatable bonds is 59. The van der Waals surface area contributed by atoms with Crippen LogP contribution in [-0.4, -0.2) is 37.2 Å². The van der Waals surface area contributed by atoms with Crippen LogP contribution in [0.1, 0.15) is 335 Å². The number of allylic oxidation sites excluding steroid dienone is 10. The quantitative estimate of drug-likeness (QED) is 0.0261. The van der Waals surface area contributed by atoms with Crippen molar-refractivity contribution in [2.75, 3.05) is 13.2 Å². The van der Waals surface area contributed by atoms with Gasteiger partial charge in [0.1, 0.15) is 13.2 Å². The molecule has 6 heteroatoms. The van der Waals surface area contributed by atoms with Gasteiger partial charge < -0.3 is 14.2 Å². The molecule has 74 heavy (non-hydrogen) atoms. The fraction of sp³-hybridized carbons (Fsp3) is 0.809. The zero-order chi connectivity index (χ0) is 53.6. The predicted octanol–water partition coefficient (Wildman–Crippen LogP) is 21.9. The van der Waals surface area contributed by atoms with Crippen LogP contribution in [0.15, 0.2) is 60.8 Å². The van der Waals surface area contributed by atoms with Gasteiger partial charge in [-0.1, -0.05) is 274 Å². The second kappa shape index (κ2) is 62.6. The Bertz CT molecular complexity index is 1330. The predicted molar refractivity (Wildman–Crippen MR) is 321 cm³/mol. The van der Waals surface area contributed by atoms with Gasteiger partial charge in [-0.3, -0.25) is 14.4 Å². The number of carbonyl (C=O) groups is 3. The van der Waals surface area contributed by atoms with Gasteiger partial charge in [-0.2, -0.15) is 0 Å². The smallest absolute Gasteiger partial charge is 0.306 e. The third-order valence-corrected chi connectivity index (χ3v) is 14.2. The molecule has 1 unspecified atom stereocenters. The van der Waals surface area contributed by atoms with Gasteiger partial charge in [-0.05, 0) is 103 Å². The van der Waals surface area contributed by atoms with Gasteiger partial charge >= 0.3 is 17.9 Å². The summed E-state index contributed by atoms with van der Waals surface area (Å²) in [5.41, 5.74) is 0. The normalized spacial score (nSPS) is 12.4. The summed E-state index contributed by atoms with van der Waals surface area (Å²) in [6.45, 7) is 6.53. The van der Waals surface area contributed by atoms with Crippen LogP contribution in [0.2, 0.25) is 0 Å². The molecule has 0 spiro atoms. The van der Waals surface area contributed by atoms with Crippen molar-refractivity contribution in [1.29, 1.82) is 0 Å². The number of hydrogen-bond donors (Lipinski definition) is 0. The summed E-state index contributed by atoms with van der Waals surface area (Å²) in [5.74, 6) is -0.883. The van der Waals surface area contributed by atoms with E-state index in [1.54, 1.807) is 0 Å². The van der Waals surface area contributed by atoms with Crippen molar-refractivity contribution in [3.63, 3.8) is 0 Å². The van der Waals surface area contributed by atoms with Crippen molar-refractivity contribution in [1.82, 2.24) is 0 Å². The topological polar surface area (TPSA) is 78.9 Å². The summed E-state index contributed by atoms with van der Waals surface area (Å²) < 4.78 is 16.9. The summed E-state index contributed by atoms with van der Waals surface area (Å²) in [6, 6.07) is 0. The molecule has 0 N–H and O–H groups in total. The van der Waals surface area contributed by atoms with Gasteiger partial charge in [-0.15, -0.1) is 0 Å².